The monoisotopic (exact) mass is 302 g/mol. The zero-order valence-corrected chi connectivity index (χ0v) is 12.4. The molecule has 22 heavy (non-hydrogen) atoms. The molecule has 1 aromatic heterocycles. The topological polar surface area (TPSA) is 73.0 Å². The molecule has 7 nitrogen and oxygen atoms in total. The van der Waals surface area contributed by atoms with Gasteiger partial charge in [-0.2, -0.15) is 0 Å². The number of hydrogen-bond acceptors (Lipinski definition) is 7. The third-order valence-corrected chi connectivity index (χ3v) is 3.32. The smallest absolute Gasteiger partial charge is 0.318 e. The van der Waals surface area contributed by atoms with Crippen LogP contribution in [0.2, 0.25) is 0 Å². The Labute approximate surface area is 128 Å². The van der Waals surface area contributed by atoms with Crippen LogP contribution in [-0.4, -0.2) is 42.2 Å². The van der Waals surface area contributed by atoms with Crippen LogP contribution in [-0.2, 0) is 16.2 Å². The molecule has 1 fully saturated rings. The van der Waals surface area contributed by atoms with Crippen molar-refractivity contribution in [2.45, 2.75) is 13.5 Å². The molecule has 1 saturated heterocycles. The molecule has 0 atom stereocenters. The number of ether oxygens (including phenoxy) is 1. The van der Waals surface area contributed by atoms with Crippen LogP contribution in [0.25, 0.3) is 0 Å². The van der Waals surface area contributed by atoms with E-state index in [2.05, 4.69) is 15.4 Å². The highest BCUT2D eigenvalue weighted by atomic mass is 16.6. The van der Waals surface area contributed by atoms with Crippen LogP contribution >= 0.6 is 0 Å². The number of benzene rings is 1. The summed E-state index contributed by atoms with van der Waals surface area (Å²) in [5, 5.41) is 12.1. The molecule has 0 N–H and O–H groups in total. The van der Waals surface area contributed by atoms with Crippen molar-refractivity contribution < 1.29 is 14.0 Å². The molecule has 0 amide bonds. The third-order valence-electron chi connectivity index (χ3n) is 3.32. The molecule has 3 rings (SSSR count). The van der Waals surface area contributed by atoms with Gasteiger partial charge in [0.25, 0.3) is 5.89 Å². The highest BCUT2D eigenvalue weighted by Crippen LogP contribution is 2.14. The maximum atomic E-state index is 5.56. The highest BCUT2D eigenvalue weighted by Gasteiger charge is 2.17. The fourth-order valence-corrected chi connectivity index (χ4v) is 2.10. The number of hydrogen-bond donors (Lipinski definition) is 0. The summed E-state index contributed by atoms with van der Waals surface area (Å²) in [6.45, 7) is 4.91. The molecular weight excluding hydrogens is 284 g/mol. The Kier molecular flexibility index (Phi) is 4.65. The average Bonchev–Trinajstić information content (AvgIpc) is 3.05. The predicted molar refractivity (Wildman–Crippen MR) is 80.8 cm³/mol. The summed E-state index contributed by atoms with van der Waals surface area (Å²) in [5.41, 5.74) is 1.82. The van der Waals surface area contributed by atoms with E-state index < -0.39 is 0 Å². The number of nitrogens with zero attached hydrogens (tertiary/aromatic N) is 4. The summed E-state index contributed by atoms with van der Waals surface area (Å²) in [6.07, 6.45) is 0. The van der Waals surface area contributed by atoms with Crippen molar-refractivity contribution in [2.75, 3.05) is 31.2 Å². The average molecular weight is 302 g/mol. The van der Waals surface area contributed by atoms with E-state index in [9.17, 15) is 0 Å². The fourth-order valence-electron chi connectivity index (χ4n) is 2.10. The van der Waals surface area contributed by atoms with E-state index >= 15 is 0 Å². The van der Waals surface area contributed by atoms with Crippen LogP contribution in [0, 0.1) is 0 Å². The van der Waals surface area contributed by atoms with Gasteiger partial charge in [0, 0.05) is 13.1 Å². The van der Waals surface area contributed by atoms with Gasteiger partial charge in [-0.05, 0) is 12.5 Å². The van der Waals surface area contributed by atoms with E-state index in [0.29, 0.717) is 25.1 Å². The quantitative estimate of drug-likeness (QED) is 0.620. The van der Waals surface area contributed by atoms with Crippen LogP contribution in [0.15, 0.2) is 39.9 Å². The van der Waals surface area contributed by atoms with E-state index in [1.165, 1.54) is 0 Å². The third kappa shape index (κ3) is 3.62. The van der Waals surface area contributed by atoms with Gasteiger partial charge in [-0.25, -0.2) is 0 Å². The van der Waals surface area contributed by atoms with Gasteiger partial charge in [0.1, 0.15) is 0 Å². The molecule has 2 aromatic rings. The van der Waals surface area contributed by atoms with Gasteiger partial charge in [0.15, 0.2) is 6.61 Å². The zero-order chi connectivity index (χ0) is 15.2. The standard InChI is InChI=1S/C15H18N4O3/c1-12(13-5-3-2-4-6-13)18-21-11-14-16-17-15(22-14)19-7-9-20-10-8-19/h2-6H,7-11H2,1H3/b18-12+. The lowest BCUT2D eigenvalue weighted by molar-refractivity contribution is 0.108. The van der Waals surface area contributed by atoms with Crippen LogP contribution in [0.4, 0.5) is 6.01 Å². The summed E-state index contributed by atoms with van der Waals surface area (Å²) in [6, 6.07) is 10.3. The Balaban J connectivity index is 1.54. The molecule has 0 spiro atoms. The van der Waals surface area contributed by atoms with Crippen LogP contribution in [0.1, 0.15) is 18.4 Å². The van der Waals surface area contributed by atoms with E-state index in [1.807, 2.05) is 42.2 Å². The maximum absolute atomic E-state index is 5.56. The van der Waals surface area contributed by atoms with Crippen molar-refractivity contribution in [1.82, 2.24) is 10.2 Å². The lowest BCUT2D eigenvalue weighted by atomic mass is 10.1. The minimum atomic E-state index is 0.154. The molecular formula is C15H18N4O3. The van der Waals surface area contributed by atoms with Gasteiger partial charge in [0.2, 0.25) is 0 Å². The number of morpholine rings is 1. The van der Waals surface area contributed by atoms with Crippen molar-refractivity contribution >= 4 is 11.7 Å². The first-order chi connectivity index (χ1) is 10.8. The summed E-state index contributed by atoms with van der Waals surface area (Å²) >= 11 is 0. The van der Waals surface area contributed by atoms with Gasteiger partial charge >= 0.3 is 6.01 Å². The molecule has 1 aliphatic rings. The first-order valence-corrected chi connectivity index (χ1v) is 7.20. The van der Waals surface area contributed by atoms with E-state index in [4.69, 9.17) is 14.0 Å². The fraction of sp³-hybridized carbons (Fsp3) is 0.400. The second-order valence-electron chi connectivity index (χ2n) is 4.89. The van der Waals surface area contributed by atoms with Crippen LogP contribution < -0.4 is 4.90 Å². The first-order valence-electron chi connectivity index (χ1n) is 7.20. The van der Waals surface area contributed by atoms with Crippen molar-refractivity contribution in [3.8, 4) is 0 Å². The second-order valence-corrected chi connectivity index (χ2v) is 4.89. The molecule has 0 radical (unpaired) electrons. The molecule has 1 aliphatic heterocycles. The summed E-state index contributed by atoms with van der Waals surface area (Å²) in [4.78, 5) is 7.28. The van der Waals surface area contributed by atoms with E-state index in [1.54, 1.807) is 0 Å². The molecule has 0 saturated carbocycles. The largest absolute Gasteiger partial charge is 0.404 e. The SMILES string of the molecule is C/C(=N\OCc1nnc(N2CCOCC2)o1)c1ccccc1. The van der Waals surface area contributed by atoms with Crippen molar-refractivity contribution in [2.24, 2.45) is 5.16 Å². The van der Waals surface area contributed by atoms with E-state index in [0.717, 1.165) is 24.4 Å². The zero-order valence-electron chi connectivity index (χ0n) is 12.4. The Hall–Kier alpha value is -2.41. The molecule has 0 aliphatic carbocycles. The van der Waals surface area contributed by atoms with Crippen LogP contribution in [0.3, 0.4) is 0 Å². The van der Waals surface area contributed by atoms with Gasteiger partial charge in [-0.1, -0.05) is 40.6 Å². The normalized spacial score (nSPS) is 15.9. The summed E-state index contributed by atoms with van der Waals surface area (Å²) in [5.74, 6) is 0.408. The summed E-state index contributed by atoms with van der Waals surface area (Å²) in [7, 11) is 0. The second kappa shape index (κ2) is 7.04. The number of aromatic nitrogens is 2. The minimum absolute atomic E-state index is 0.154. The molecule has 0 unspecified atom stereocenters. The van der Waals surface area contributed by atoms with Gasteiger partial charge in [-0.15, -0.1) is 5.10 Å². The lowest BCUT2D eigenvalue weighted by Gasteiger charge is -2.24. The van der Waals surface area contributed by atoms with Gasteiger partial charge < -0.3 is 18.9 Å². The summed E-state index contributed by atoms with van der Waals surface area (Å²) < 4.78 is 10.9. The Morgan fingerprint density at radius 1 is 1.23 bits per heavy atom. The molecule has 116 valence electrons. The van der Waals surface area contributed by atoms with Crippen LogP contribution in [0.5, 0.6) is 0 Å². The molecule has 2 heterocycles. The van der Waals surface area contributed by atoms with Crippen molar-refractivity contribution in [3.05, 3.63) is 41.8 Å². The Bertz CT molecular complexity index is 621. The number of anilines is 1. The maximum Gasteiger partial charge on any atom is 0.318 e. The minimum Gasteiger partial charge on any atom is -0.404 e. The molecule has 1 aromatic carbocycles. The predicted octanol–water partition coefficient (Wildman–Crippen LogP) is 1.85. The van der Waals surface area contributed by atoms with Crippen molar-refractivity contribution in [3.63, 3.8) is 0 Å². The number of rotatable bonds is 5. The van der Waals surface area contributed by atoms with Crippen molar-refractivity contribution in [1.29, 1.82) is 0 Å². The van der Waals surface area contributed by atoms with E-state index in [-0.39, 0.29) is 6.61 Å². The molecule has 0 bridgehead atoms. The molecule has 7 heteroatoms. The highest BCUT2D eigenvalue weighted by molar-refractivity contribution is 5.98. The Morgan fingerprint density at radius 3 is 2.77 bits per heavy atom. The first kappa shape index (κ1) is 14.5. The number of oxime groups is 1. The Morgan fingerprint density at radius 2 is 2.00 bits per heavy atom. The lowest BCUT2D eigenvalue weighted by Crippen LogP contribution is -2.36. The van der Waals surface area contributed by atoms with Gasteiger partial charge in [0.05, 0.1) is 18.9 Å². The van der Waals surface area contributed by atoms with Gasteiger partial charge in [-0.3, -0.25) is 0 Å².